The minimum Gasteiger partial charge on any atom is -0.506 e. The number of aromatic hydroxyl groups is 1. The number of phenolic OH excluding ortho intramolecular Hbond substituents is 1. The highest BCUT2D eigenvalue weighted by Gasteiger charge is 2.28. The number of hydrogen-bond acceptors (Lipinski definition) is 5. The lowest BCUT2D eigenvalue weighted by molar-refractivity contribution is 0.301. The Balaban J connectivity index is 1.74. The van der Waals surface area contributed by atoms with Gasteiger partial charge in [0.1, 0.15) is 18.1 Å². The van der Waals surface area contributed by atoms with E-state index in [1.54, 1.807) is 19.2 Å². The normalized spacial score (nSPS) is 13.7. The fourth-order valence-electron chi connectivity index (χ4n) is 3.14. The zero-order chi connectivity index (χ0) is 19.1. The molecule has 0 saturated heterocycles. The summed E-state index contributed by atoms with van der Waals surface area (Å²) in [7, 11) is 1.56. The van der Waals surface area contributed by atoms with Crippen LogP contribution >= 0.6 is 11.6 Å². The van der Waals surface area contributed by atoms with Crippen molar-refractivity contribution in [1.29, 1.82) is 0 Å². The molecule has 0 spiro atoms. The molecule has 0 aliphatic heterocycles. The van der Waals surface area contributed by atoms with E-state index in [9.17, 15) is 9.90 Å². The van der Waals surface area contributed by atoms with Gasteiger partial charge >= 0.3 is 5.69 Å². The number of halogens is 1. The van der Waals surface area contributed by atoms with Crippen LogP contribution in [0.4, 0.5) is 0 Å². The molecule has 4 rings (SSSR count). The van der Waals surface area contributed by atoms with E-state index >= 15 is 0 Å². The predicted octanol–water partition coefficient (Wildman–Crippen LogP) is 3.09. The van der Waals surface area contributed by atoms with Crippen LogP contribution in [0.1, 0.15) is 35.4 Å². The number of rotatable bonds is 5. The van der Waals surface area contributed by atoms with E-state index in [4.69, 9.17) is 16.3 Å². The highest BCUT2D eigenvalue weighted by Crippen LogP contribution is 2.43. The largest absolute Gasteiger partial charge is 0.506 e. The van der Waals surface area contributed by atoms with Gasteiger partial charge in [0.05, 0.1) is 10.7 Å². The van der Waals surface area contributed by atoms with E-state index in [1.807, 2.05) is 19.1 Å². The Labute approximate surface area is 160 Å². The zero-order valence-electron chi connectivity index (χ0n) is 15.0. The van der Waals surface area contributed by atoms with Crippen molar-refractivity contribution in [1.82, 2.24) is 19.8 Å². The van der Waals surface area contributed by atoms with Gasteiger partial charge in [0, 0.05) is 18.7 Å². The van der Waals surface area contributed by atoms with Crippen molar-refractivity contribution in [3.05, 3.63) is 62.5 Å². The first kappa shape index (κ1) is 17.6. The molecule has 0 radical (unpaired) electrons. The van der Waals surface area contributed by atoms with Crippen LogP contribution in [-0.4, -0.2) is 24.9 Å². The first-order valence-electron chi connectivity index (χ1n) is 8.68. The van der Waals surface area contributed by atoms with Crippen LogP contribution in [0.15, 0.2) is 35.1 Å². The molecule has 0 amide bonds. The summed E-state index contributed by atoms with van der Waals surface area (Å²) < 4.78 is 8.51. The Morgan fingerprint density at radius 1 is 1.30 bits per heavy atom. The topological polar surface area (TPSA) is 82.2 Å². The molecule has 140 valence electrons. The number of benzene rings is 2. The Morgan fingerprint density at radius 2 is 2.07 bits per heavy atom. The van der Waals surface area contributed by atoms with Gasteiger partial charge in [-0.15, -0.1) is 0 Å². The van der Waals surface area contributed by atoms with Gasteiger partial charge in [0.15, 0.2) is 0 Å². The molecule has 3 aromatic rings. The highest BCUT2D eigenvalue weighted by molar-refractivity contribution is 6.32. The first-order chi connectivity index (χ1) is 13.0. The number of ether oxygens (including phenoxy) is 1. The molecule has 8 heteroatoms. The number of phenols is 1. The monoisotopic (exact) mass is 386 g/mol. The molecule has 1 aliphatic rings. The third-order valence-corrected chi connectivity index (χ3v) is 5.07. The van der Waals surface area contributed by atoms with Gasteiger partial charge in [-0.3, -0.25) is 0 Å². The van der Waals surface area contributed by atoms with Crippen LogP contribution in [-0.2, 0) is 13.7 Å². The van der Waals surface area contributed by atoms with Crippen molar-refractivity contribution in [3.63, 3.8) is 0 Å². The summed E-state index contributed by atoms with van der Waals surface area (Å²) in [6.07, 6.45) is 2.24. The van der Waals surface area contributed by atoms with Crippen molar-refractivity contribution in [2.75, 3.05) is 0 Å². The standard InChI is InChI=1S/C19H19ClN4O3/c1-11-8-17(25)15(20)9-18(11)27-10-14-13(12-6-7-12)4-3-5-16(14)24-19(26)23(2)21-22-24/h3-5,8-9,12,25H,6-7,10H2,1-2H3. The highest BCUT2D eigenvalue weighted by atomic mass is 35.5. The summed E-state index contributed by atoms with van der Waals surface area (Å²) in [5.41, 5.74) is 3.20. The summed E-state index contributed by atoms with van der Waals surface area (Å²) >= 11 is 6.01. The van der Waals surface area contributed by atoms with Crippen LogP contribution in [0, 0.1) is 6.92 Å². The van der Waals surface area contributed by atoms with Gasteiger partial charge in [0.2, 0.25) is 0 Å². The van der Waals surface area contributed by atoms with E-state index in [1.165, 1.54) is 9.36 Å². The molecule has 1 N–H and O–H groups in total. The third kappa shape index (κ3) is 3.30. The van der Waals surface area contributed by atoms with E-state index in [-0.39, 0.29) is 23.1 Å². The average Bonchev–Trinajstić information content (AvgIpc) is 3.43. The molecule has 2 aromatic carbocycles. The summed E-state index contributed by atoms with van der Waals surface area (Å²) in [5, 5.41) is 17.7. The average molecular weight is 387 g/mol. The Morgan fingerprint density at radius 3 is 2.74 bits per heavy atom. The Hall–Kier alpha value is -2.80. The van der Waals surface area contributed by atoms with Crippen molar-refractivity contribution in [2.24, 2.45) is 7.05 Å². The van der Waals surface area contributed by atoms with Gasteiger partial charge in [-0.05, 0) is 59.4 Å². The van der Waals surface area contributed by atoms with Gasteiger partial charge in [-0.2, -0.15) is 9.36 Å². The van der Waals surface area contributed by atoms with E-state index in [0.717, 1.165) is 29.5 Å². The molecule has 1 aromatic heterocycles. The van der Waals surface area contributed by atoms with Crippen LogP contribution in [0.2, 0.25) is 5.02 Å². The second kappa shape index (κ2) is 6.74. The van der Waals surface area contributed by atoms with Gasteiger partial charge in [-0.25, -0.2) is 4.79 Å². The first-order valence-corrected chi connectivity index (χ1v) is 9.06. The number of hydrogen-bond donors (Lipinski definition) is 1. The van der Waals surface area contributed by atoms with Crippen LogP contribution < -0.4 is 10.4 Å². The number of aryl methyl sites for hydroxylation is 2. The fraction of sp³-hybridized carbons (Fsp3) is 0.316. The molecule has 0 unspecified atom stereocenters. The number of tetrazole rings is 1. The van der Waals surface area contributed by atoms with E-state index in [0.29, 0.717) is 17.4 Å². The van der Waals surface area contributed by atoms with E-state index < -0.39 is 0 Å². The van der Waals surface area contributed by atoms with Gasteiger partial charge in [-0.1, -0.05) is 23.7 Å². The van der Waals surface area contributed by atoms with Gasteiger partial charge in [0.25, 0.3) is 0 Å². The SMILES string of the molecule is Cc1cc(O)c(Cl)cc1OCc1c(C2CC2)cccc1-n1nnn(C)c1=O. The van der Waals surface area contributed by atoms with Crippen molar-refractivity contribution in [3.8, 4) is 17.2 Å². The fourth-order valence-corrected chi connectivity index (χ4v) is 3.30. The predicted molar refractivity (Wildman–Crippen MR) is 101 cm³/mol. The second-order valence-corrected chi connectivity index (χ2v) is 7.18. The smallest absolute Gasteiger partial charge is 0.368 e. The second-order valence-electron chi connectivity index (χ2n) is 6.77. The maximum absolute atomic E-state index is 12.3. The molecular formula is C19H19ClN4O3. The lowest BCUT2D eigenvalue weighted by atomic mass is 10.0. The zero-order valence-corrected chi connectivity index (χ0v) is 15.8. The molecule has 7 nitrogen and oxygen atoms in total. The van der Waals surface area contributed by atoms with Crippen LogP contribution in [0.5, 0.6) is 11.5 Å². The molecule has 1 heterocycles. The minimum atomic E-state index is -0.312. The summed E-state index contributed by atoms with van der Waals surface area (Å²) in [4.78, 5) is 12.3. The van der Waals surface area contributed by atoms with Crippen molar-refractivity contribution >= 4 is 11.6 Å². The third-order valence-electron chi connectivity index (χ3n) is 4.77. The number of nitrogens with zero attached hydrogens (tertiary/aromatic N) is 4. The maximum Gasteiger partial charge on any atom is 0.368 e. The molecule has 1 saturated carbocycles. The summed E-state index contributed by atoms with van der Waals surface area (Å²) in [5.74, 6) is 1.08. The van der Waals surface area contributed by atoms with Crippen molar-refractivity contribution < 1.29 is 9.84 Å². The molecule has 1 aliphatic carbocycles. The summed E-state index contributed by atoms with van der Waals surface area (Å²) in [6.45, 7) is 2.10. The lowest BCUT2D eigenvalue weighted by Gasteiger charge is -2.16. The molecule has 0 bridgehead atoms. The molecule has 27 heavy (non-hydrogen) atoms. The Bertz CT molecular complexity index is 1070. The summed E-state index contributed by atoms with van der Waals surface area (Å²) in [6, 6.07) is 9.00. The van der Waals surface area contributed by atoms with Crippen LogP contribution in [0.3, 0.4) is 0 Å². The van der Waals surface area contributed by atoms with Gasteiger partial charge < -0.3 is 9.84 Å². The quantitative estimate of drug-likeness (QED) is 0.728. The lowest BCUT2D eigenvalue weighted by Crippen LogP contribution is -2.23. The van der Waals surface area contributed by atoms with E-state index in [2.05, 4.69) is 16.5 Å². The molecular weight excluding hydrogens is 368 g/mol. The van der Waals surface area contributed by atoms with Crippen LogP contribution in [0.25, 0.3) is 5.69 Å². The maximum atomic E-state index is 12.3. The molecule has 1 fully saturated rings. The molecule has 0 atom stereocenters. The minimum absolute atomic E-state index is 0.0201. The van der Waals surface area contributed by atoms with Crippen molar-refractivity contribution in [2.45, 2.75) is 32.3 Å². The number of aromatic nitrogens is 4. The Kier molecular flexibility index (Phi) is 4.39.